The molecule has 0 bridgehead atoms. The van der Waals surface area contributed by atoms with Gasteiger partial charge in [-0.15, -0.1) is 0 Å². The molecule has 0 heterocycles. The van der Waals surface area contributed by atoms with Gasteiger partial charge in [0.2, 0.25) is 0 Å². The SMILES string of the molecule is CC(C)CC(=O)CCN(C)C(=O)OOC(=O)CCc1ccccc1. The van der Waals surface area contributed by atoms with Gasteiger partial charge in [0.25, 0.3) is 0 Å². The number of hydrogen-bond acceptors (Lipinski definition) is 5. The van der Waals surface area contributed by atoms with Crippen LogP contribution in [0, 0.1) is 5.92 Å². The summed E-state index contributed by atoms with van der Waals surface area (Å²) in [6.07, 6.45) is 0.578. The Labute approximate surface area is 142 Å². The lowest BCUT2D eigenvalue weighted by atomic mass is 10.1. The lowest BCUT2D eigenvalue weighted by molar-refractivity contribution is -0.236. The molecule has 24 heavy (non-hydrogen) atoms. The Balaban J connectivity index is 2.21. The van der Waals surface area contributed by atoms with E-state index in [1.54, 1.807) is 0 Å². The molecule has 132 valence electrons. The molecule has 0 atom stereocenters. The number of amides is 1. The number of carbonyl (C=O) groups is 3. The maximum atomic E-state index is 11.7. The molecule has 1 aromatic carbocycles. The highest BCUT2D eigenvalue weighted by atomic mass is 17.2. The molecule has 1 amide bonds. The number of nitrogens with zero attached hydrogens (tertiary/aromatic N) is 1. The van der Waals surface area contributed by atoms with Crippen LogP contribution in [0.1, 0.15) is 38.7 Å². The largest absolute Gasteiger partial charge is 0.452 e. The molecule has 0 radical (unpaired) electrons. The zero-order valence-corrected chi connectivity index (χ0v) is 14.5. The van der Waals surface area contributed by atoms with Gasteiger partial charge in [0.1, 0.15) is 5.78 Å². The Morgan fingerprint density at radius 1 is 1.04 bits per heavy atom. The summed E-state index contributed by atoms with van der Waals surface area (Å²) >= 11 is 0. The number of rotatable bonds is 8. The molecule has 0 aliphatic heterocycles. The summed E-state index contributed by atoms with van der Waals surface area (Å²) in [5.41, 5.74) is 1.00. The van der Waals surface area contributed by atoms with E-state index in [2.05, 4.69) is 9.78 Å². The van der Waals surface area contributed by atoms with Crippen molar-refractivity contribution in [1.82, 2.24) is 4.90 Å². The normalized spacial score (nSPS) is 10.3. The third kappa shape index (κ3) is 8.31. The third-order valence-electron chi connectivity index (χ3n) is 3.34. The molecular weight excluding hydrogens is 310 g/mol. The number of ketones is 1. The maximum Gasteiger partial charge on any atom is 0.452 e. The van der Waals surface area contributed by atoms with Crippen LogP contribution in [0.5, 0.6) is 0 Å². The van der Waals surface area contributed by atoms with E-state index >= 15 is 0 Å². The first-order chi connectivity index (χ1) is 11.4. The fourth-order valence-electron chi connectivity index (χ4n) is 2.02. The summed E-state index contributed by atoms with van der Waals surface area (Å²) in [5, 5.41) is 0. The highest BCUT2D eigenvalue weighted by Gasteiger charge is 2.16. The minimum absolute atomic E-state index is 0.0875. The Bertz CT molecular complexity index is 542. The monoisotopic (exact) mass is 335 g/mol. The zero-order valence-electron chi connectivity index (χ0n) is 14.5. The first-order valence-corrected chi connectivity index (χ1v) is 8.06. The number of benzene rings is 1. The maximum absolute atomic E-state index is 11.7. The molecule has 0 unspecified atom stereocenters. The van der Waals surface area contributed by atoms with E-state index in [1.807, 2.05) is 44.2 Å². The third-order valence-corrected chi connectivity index (χ3v) is 3.34. The summed E-state index contributed by atoms with van der Waals surface area (Å²) in [6.45, 7) is 4.15. The Morgan fingerprint density at radius 2 is 1.71 bits per heavy atom. The van der Waals surface area contributed by atoms with Crippen LogP contribution in [0.25, 0.3) is 0 Å². The Hall–Kier alpha value is -2.37. The molecule has 0 spiro atoms. The average molecular weight is 335 g/mol. The zero-order chi connectivity index (χ0) is 17.9. The summed E-state index contributed by atoms with van der Waals surface area (Å²) in [7, 11) is 1.49. The van der Waals surface area contributed by atoms with E-state index in [4.69, 9.17) is 0 Å². The second-order valence-electron chi connectivity index (χ2n) is 6.10. The van der Waals surface area contributed by atoms with Gasteiger partial charge in [-0.25, -0.2) is 19.4 Å². The van der Waals surface area contributed by atoms with Crippen molar-refractivity contribution >= 4 is 17.8 Å². The van der Waals surface area contributed by atoms with Gasteiger partial charge < -0.3 is 4.90 Å². The average Bonchev–Trinajstić information content (AvgIpc) is 2.56. The molecule has 0 N–H and O–H groups in total. The van der Waals surface area contributed by atoms with Crippen LogP contribution in [0.4, 0.5) is 4.79 Å². The van der Waals surface area contributed by atoms with Gasteiger partial charge in [-0.3, -0.25) is 4.79 Å². The highest BCUT2D eigenvalue weighted by Crippen LogP contribution is 2.05. The predicted molar refractivity (Wildman–Crippen MR) is 89.0 cm³/mol. The van der Waals surface area contributed by atoms with E-state index in [0.717, 1.165) is 5.56 Å². The fraction of sp³-hybridized carbons (Fsp3) is 0.500. The van der Waals surface area contributed by atoms with Crippen LogP contribution < -0.4 is 0 Å². The molecule has 0 saturated heterocycles. The van der Waals surface area contributed by atoms with Crippen LogP contribution in [-0.2, 0) is 25.8 Å². The first kappa shape index (κ1) is 19.7. The standard InChI is InChI=1S/C18H25NO5/c1-14(2)13-16(20)11-12-19(3)18(22)24-23-17(21)10-9-15-7-5-4-6-8-15/h4-8,14H,9-13H2,1-3H3. The van der Waals surface area contributed by atoms with E-state index < -0.39 is 12.1 Å². The van der Waals surface area contributed by atoms with Crippen LogP contribution in [-0.4, -0.2) is 36.3 Å². The van der Waals surface area contributed by atoms with Crippen molar-refractivity contribution < 1.29 is 24.2 Å². The van der Waals surface area contributed by atoms with E-state index in [-0.39, 0.29) is 25.2 Å². The number of hydrogen-bond donors (Lipinski definition) is 0. The van der Waals surface area contributed by atoms with Gasteiger partial charge in [0.05, 0.1) is 6.42 Å². The van der Waals surface area contributed by atoms with Gasteiger partial charge in [-0.1, -0.05) is 44.2 Å². The Morgan fingerprint density at radius 3 is 2.33 bits per heavy atom. The van der Waals surface area contributed by atoms with E-state index in [0.29, 0.717) is 18.8 Å². The molecule has 0 aliphatic rings. The molecule has 0 aliphatic carbocycles. The van der Waals surface area contributed by atoms with Gasteiger partial charge in [0.15, 0.2) is 0 Å². The summed E-state index contributed by atoms with van der Waals surface area (Å²) in [5.74, 6) is -0.235. The molecule has 6 nitrogen and oxygen atoms in total. The molecule has 0 fully saturated rings. The number of Topliss-reactive ketones (excluding diaryl/α,β-unsaturated/α-hetero) is 1. The molecule has 1 aromatic rings. The summed E-state index contributed by atoms with van der Waals surface area (Å²) < 4.78 is 0. The van der Waals surface area contributed by atoms with Crippen molar-refractivity contribution in [2.45, 2.75) is 39.5 Å². The minimum Gasteiger partial charge on any atom is -0.308 e. The fourth-order valence-corrected chi connectivity index (χ4v) is 2.02. The topological polar surface area (TPSA) is 72.9 Å². The van der Waals surface area contributed by atoms with Gasteiger partial charge in [0, 0.05) is 26.4 Å². The Kier molecular flexibility index (Phi) is 8.54. The summed E-state index contributed by atoms with van der Waals surface area (Å²) in [4.78, 5) is 45.0. The van der Waals surface area contributed by atoms with Crippen LogP contribution in [0.2, 0.25) is 0 Å². The second kappa shape index (κ2) is 10.4. The number of carbonyl (C=O) groups excluding carboxylic acids is 3. The predicted octanol–water partition coefficient (Wildman–Crippen LogP) is 3.15. The molecule has 1 rings (SSSR count). The molecular formula is C18H25NO5. The smallest absolute Gasteiger partial charge is 0.308 e. The van der Waals surface area contributed by atoms with Gasteiger partial charge in [-0.2, -0.15) is 0 Å². The van der Waals surface area contributed by atoms with E-state index in [1.165, 1.54) is 11.9 Å². The quantitative estimate of drug-likeness (QED) is 0.539. The van der Waals surface area contributed by atoms with Crippen molar-refractivity contribution in [3.05, 3.63) is 35.9 Å². The molecule has 0 aromatic heterocycles. The van der Waals surface area contributed by atoms with E-state index in [9.17, 15) is 14.4 Å². The van der Waals surface area contributed by atoms with Gasteiger partial charge >= 0.3 is 12.1 Å². The second-order valence-corrected chi connectivity index (χ2v) is 6.10. The lowest BCUT2D eigenvalue weighted by Gasteiger charge is -2.15. The van der Waals surface area contributed by atoms with Crippen molar-refractivity contribution in [3.63, 3.8) is 0 Å². The minimum atomic E-state index is -0.791. The van der Waals surface area contributed by atoms with Crippen molar-refractivity contribution in [2.24, 2.45) is 5.92 Å². The highest BCUT2D eigenvalue weighted by molar-refractivity contribution is 5.79. The van der Waals surface area contributed by atoms with Gasteiger partial charge in [-0.05, 0) is 17.9 Å². The van der Waals surface area contributed by atoms with Crippen molar-refractivity contribution in [3.8, 4) is 0 Å². The van der Waals surface area contributed by atoms with Crippen LogP contribution in [0.15, 0.2) is 30.3 Å². The van der Waals surface area contributed by atoms with Crippen molar-refractivity contribution in [2.75, 3.05) is 13.6 Å². The summed E-state index contributed by atoms with van der Waals surface area (Å²) in [6, 6.07) is 9.47. The van der Waals surface area contributed by atoms with Crippen LogP contribution >= 0.6 is 0 Å². The molecule has 0 saturated carbocycles. The first-order valence-electron chi connectivity index (χ1n) is 8.06. The lowest BCUT2D eigenvalue weighted by Crippen LogP contribution is -2.30. The molecule has 6 heteroatoms. The van der Waals surface area contributed by atoms with Crippen molar-refractivity contribution in [1.29, 1.82) is 0 Å². The number of aryl methyl sites for hydroxylation is 1. The van der Waals surface area contributed by atoms with Crippen LogP contribution in [0.3, 0.4) is 0 Å².